The Morgan fingerprint density at radius 3 is 2.83 bits per heavy atom. The maximum Gasteiger partial charge on any atom is 0.387 e. The minimum atomic E-state index is -2.94. The number of anilines is 1. The van der Waals surface area contributed by atoms with E-state index in [1.807, 2.05) is 0 Å². The number of halogens is 2. The largest absolute Gasteiger partial charge is 0.433 e. The zero-order valence-electron chi connectivity index (χ0n) is 13.0. The Labute approximate surface area is 133 Å². The topological polar surface area (TPSA) is 62.8 Å². The molecule has 0 saturated carbocycles. The number of hydrogen-bond acceptors (Lipinski definition) is 4. The molecule has 1 aliphatic rings. The molecule has 0 atom stereocenters. The Morgan fingerprint density at radius 1 is 1.39 bits per heavy atom. The number of carbonyl (C=O) groups excluding carboxylic acids is 1. The molecule has 1 aromatic rings. The Balaban J connectivity index is 1.84. The van der Waals surface area contributed by atoms with E-state index in [1.54, 1.807) is 19.1 Å². The van der Waals surface area contributed by atoms with Gasteiger partial charge in [0.1, 0.15) is 5.75 Å². The van der Waals surface area contributed by atoms with Gasteiger partial charge in [-0.1, -0.05) is 12.1 Å². The monoisotopic (exact) mass is 329 g/mol. The number of rotatable bonds is 6. The van der Waals surface area contributed by atoms with Crippen molar-refractivity contribution >= 4 is 11.7 Å². The van der Waals surface area contributed by atoms with Crippen LogP contribution in [0.4, 0.5) is 19.3 Å². The second kappa shape index (κ2) is 8.64. The van der Waals surface area contributed by atoms with Crippen molar-refractivity contribution < 1.29 is 23.0 Å². The lowest BCUT2D eigenvalue weighted by Gasteiger charge is -2.26. The van der Waals surface area contributed by atoms with Gasteiger partial charge in [0, 0.05) is 26.2 Å². The summed E-state index contributed by atoms with van der Waals surface area (Å²) in [5.41, 5.74) is 0.892. The summed E-state index contributed by atoms with van der Waals surface area (Å²) in [4.78, 5) is 14.1. The Kier molecular flexibility index (Phi) is 6.54. The van der Waals surface area contributed by atoms with Crippen LogP contribution in [-0.2, 0) is 4.74 Å². The summed E-state index contributed by atoms with van der Waals surface area (Å²) in [6, 6.07) is 4.24. The van der Waals surface area contributed by atoms with E-state index in [1.165, 1.54) is 6.07 Å². The number of alkyl halides is 2. The molecule has 0 bridgehead atoms. The number of para-hydroxylation sites is 1. The Hall–Kier alpha value is -1.93. The summed E-state index contributed by atoms with van der Waals surface area (Å²) in [6.07, 6.45) is 0. The van der Waals surface area contributed by atoms with Crippen molar-refractivity contribution in [1.29, 1.82) is 0 Å². The van der Waals surface area contributed by atoms with Gasteiger partial charge in [-0.2, -0.15) is 8.78 Å². The van der Waals surface area contributed by atoms with Crippen LogP contribution in [0.25, 0.3) is 0 Å². The summed E-state index contributed by atoms with van der Waals surface area (Å²) >= 11 is 0. The highest BCUT2D eigenvalue weighted by Gasteiger charge is 2.14. The van der Waals surface area contributed by atoms with E-state index >= 15 is 0 Å². The molecular weight excluding hydrogens is 308 g/mol. The number of ether oxygens (including phenoxy) is 2. The van der Waals surface area contributed by atoms with E-state index in [2.05, 4.69) is 20.3 Å². The fourth-order valence-corrected chi connectivity index (χ4v) is 2.31. The zero-order chi connectivity index (χ0) is 16.7. The molecule has 0 aliphatic carbocycles. The van der Waals surface area contributed by atoms with Crippen LogP contribution in [0.3, 0.4) is 0 Å². The molecular formula is C15H21F2N3O3. The van der Waals surface area contributed by atoms with Crippen molar-refractivity contribution in [3.63, 3.8) is 0 Å². The number of nitrogens with one attached hydrogen (secondary N) is 2. The van der Waals surface area contributed by atoms with E-state index in [9.17, 15) is 13.6 Å². The predicted molar refractivity (Wildman–Crippen MR) is 82.1 cm³/mol. The summed E-state index contributed by atoms with van der Waals surface area (Å²) in [7, 11) is 0. The van der Waals surface area contributed by atoms with E-state index in [0.717, 1.165) is 13.1 Å². The van der Waals surface area contributed by atoms with Crippen molar-refractivity contribution in [3.8, 4) is 5.75 Å². The maximum atomic E-state index is 12.4. The lowest BCUT2D eigenvalue weighted by Crippen LogP contribution is -2.42. The summed E-state index contributed by atoms with van der Waals surface area (Å²) < 4.78 is 34.5. The van der Waals surface area contributed by atoms with Crippen molar-refractivity contribution in [2.75, 3.05) is 44.7 Å². The van der Waals surface area contributed by atoms with Crippen LogP contribution >= 0.6 is 0 Å². The number of aryl methyl sites for hydroxylation is 1. The number of amides is 2. The van der Waals surface area contributed by atoms with E-state index in [-0.39, 0.29) is 11.4 Å². The minimum Gasteiger partial charge on any atom is -0.433 e. The molecule has 6 nitrogen and oxygen atoms in total. The van der Waals surface area contributed by atoms with Crippen molar-refractivity contribution in [3.05, 3.63) is 23.8 Å². The summed E-state index contributed by atoms with van der Waals surface area (Å²) in [5, 5.41) is 5.28. The molecule has 1 aliphatic heterocycles. The SMILES string of the molecule is Cc1cccc(OC(F)F)c1NC(=O)NCCN1CCOCC1. The maximum absolute atomic E-state index is 12.4. The molecule has 0 spiro atoms. The Bertz CT molecular complexity index is 523. The van der Waals surface area contributed by atoms with Gasteiger partial charge in [0.2, 0.25) is 0 Å². The molecule has 0 radical (unpaired) electrons. The first kappa shape index (κ1) is 17.4. The van der Waals surface area contributed by atoms with Gasteiger partial charge in [0.15, 0.2) is 0 Å². The van der Waals surface area contributed by atoms with Gasteiger partial charge in [-0.3, -0.25) is 4.90 Å². The summed E-state index contributed by atoms with van der Waals surface area (Å²) in [6.45, 7) is 3.02. The van der Waals surface area contributed by atoms with E-state index in [4.69, 9.17) is 4.74 Å². The normalized spacial score (nSPS) is 15.5. The van der Waals surface area contributed by atoms with Crippen molar-refractivity contribution in [2.24, 2.45) is 0 Å². The highest BCUT2D eigenvalue weighted by molar-refractivity contribution is 5.91. The fraction of sp³-hybridized carbons (Fsp3) is 0.533. The third-order valence-corrected chi connectivity index (χ3v) is 3.51. The van der Waals surface area contributed by atoms with Crippen molar-refractivity contribution in [2.45, 2.75) is 13.5 Å². The van der Waals surface area contributed by atoms with Gasteiger partial charge in [0.05, 0.1) is 18.9 Å². The molecule has 1 aromatic carbocycles. The van der Waals surface area contributed by atoms with E-state index < -0.39 is 12.6 Å². The molecule has 23 heavy (non-hydrogen) atoms. The molecule has 2 amide bonds. The molecule has 0 unspecified atom stereocenters. The predicted octanol–water partition coefficient (Wildman–Crippen LogP) is 2.05. The number of nitrogens with zero attached hydrogens (tertiary/aromatic N) is 1. The van der Waals surface area contributed by atoms with Crippen LogP contribution in [0, 0.1) is 6.92 Å². The average molecular weight is 329 g/mol. The van der Waals surface area contributed by atoms with Crippen molar-refractivity contribution in [1.82, 2.24) is 10.2 Å². The minimum absolute atomic E-state index is 0.0525. The molecule has 8 heteroatoms. The molecule has 1 heterocycles. The van der Waals surface area contributed by atoms with Gasteiger partial charge < -0.3 is 20.1 Å². The number of hydrogen-bond donors (Lipinski definition) is 2. The van der Waals surface area contributed by atoms with E-state index in [0.29, 0.717) is 31.9 Å². The molecule has 1 saturated heterocycles. The quantitative estimate of drug-likeness (QED) is 0.838. The molecule has 128 valence electrons. The fourth-order valence-electron chi connectivity index (χ4n) is 2.31. The average Bonchev–Trinajstić information content (AvgIpc) is 2.51. The molecule has 2 rings (SSSR count). The van der Waals surface area contributed by atoms with Gasteiger partial charge in [-0.15, -0.1) is 0 Å². The first-order valence-electron chi connectivity index (χ1n) is 7.45. The third-order valence-electron chi connectivity index (χ3n) is 3.51. The number of carbonyl (C=O) groups is 1. The number of urea groups is 1. The van der Waals surface area contributed by atoms with Gasteiger partial charge in [-0.05, 0) is 18.6 Å². The van der Waals surface area contributed by atoms with Crippen LogP contribution in [0.15, 0.2) is 18.2 Å². The Morgan fingerprint density at radius 2 is 2.13 bits per heavy atom. The third kappa shape index (κ3) is 5.65. The highest BCUT2D eigenvalue weighted by atomic mass is 19.3. The summed E-state index contributed by atoms with van der Waals surface area (Å²) in [5.74, 6) is -0.0525. The van der Waals surface area contributed by atoms with Crippen LogP contribution in [0.5, 0.6) is 5.75 Å². The van der Waals surface area contributed by atoms with Gasteiger partial charge >= 0.3 is 12.6 Å². The number of benzene rings is 1. The molecule has 0 aromatic heterocycles. The first-order chi connectivity index (χ1) is 11.1. The standard InChI is InChI=1S/C15H21F2N3O3/c1-11-3-2-4-12(23-14(16)17)13(11)19-15(21)18-5-6-20-7-9-22-10-8-20/h2-4,14H,5-10H2,1H3,(H2,18,19,21). The first-order valence-corrected chi connectivity index (χ1v) is 7.45. The highest BCUT2D eigenvalue weighted by Crippen LogP contribution is 2.29. The smallest absolute Gasteiger partial charge is 0.387 e. The van der Waals surface area contributed by atoms with Crippen LogP contribution in [0.2, 0.25) is 0 Å². The van der Waals surface area contributed by atoms with Crippen LogP contribution in [-0.4, -0.2) is 56.9 Å². The lowest BCUT2D eigenvalue weighted by atomic mass is 10.2. The van der Waals surface area contributed by atoms with Gasteiger partial charge in [-0.25, -0.2) is 4.79 Å². The second-order valence-corrected chi connectivity index (χ2v) is 5.16. The van der Waals surface area contributed by atoms with Crippen LogP contribution in [0.1, 0.15) is 5.56 Å². The van der Waals surface area contributed by atoms with Gasteiger partial charge in [0.25, 0.3) is 0 Å². The zero-order valence-corrected chi connectivity index (χ0v) is 13.0. The molecule has 1 fully saturated rings. The number of morpholine rings is 1. The lowest BCUT2D eigenvalue weighted by molar-refractivity contribution is -0.0493. The van der Waals surface area contributed by atoms with Crippen LogP contribution < -0.4 is 15.4 Å². The second-order valence-electron chi connectivity index (χ2n) is 5.16. The molecule has 2 N–H and O–H groups in total.